The van der Waals surface area contributed by atoms with Crippen LogP contribution in [-0.2, 0) is 11.2 Å². The van der Waals surface area contributed by atoms with E-state index < -0.39 is 0 Å². The first kappa shape index (κ1) is 10.2. The van der Waals surface area contributed by atoms with Crippen molar-refractivity contribution in [1.82, 2.24) is 0 Å². The van der Waals surface area contributed by atoms with Gasteiger partial charge >= 0.3 is 0 Å². The van der Waals surface area contributed by atoms with Crippen molar-refractivity contribution >= 4 is 11.4 Å². The predicted molar refractivity (Wildman–Crippen MR) is 62.6 cm³/mol. The SMILES string of the molecule is CC(=O)[C@@H](C)CC1=CCc2ccccc21. The lowest BCUT2D eigenvalue weighted by molar-refractivity contribution is -0.120. The van der Waals surface area contributed by atoms with Crippen molar-refractivity contribution < 1.29 is 4.79 Å². The summed E-state index contributed by atoms with van der Waals surface area (Å²) in [6, 6.07) is 8.46. The Morgan fingerprint density at radius 1 is 1.40 bits per heavy atom. The van der Waals surface area contributed by atoms with Gasteiger partial charge in [-0.25, -0.2) is 0 Å². The third kappa shape index (κ3) is 2.01. The van der Waals surface area contributed by atoms with Crippen molar-refractivity contribution in [3.05, 3.63) is 41.5 Å². The Hall–Kier alpha value is -1.37. The van der Waals surface area contributed by atoms with Crippen LogP contribution < -0.4 is 0 Å². The maximum Gasteiger partial charge on any atom is 0.132 e. The molecule has 78 valence electrons. The molecule has 0 unspecified atom stereocenters. The third-order valence-electron chi connectivity index (χ3n) is 3.15. The maximum atomic E-state index is 11.2. The lowest BCUT2D eigenvalue weighted by Crippen LogP contribution is -2.06. The second-order valence-electron chi connectivity index (χ2n) is 4.31. The monoisotopic (exact) mass is 200 g/mol. The molecule has 0 heterocycles. The van der Waals surface area contributed by atoms with Gasteiger partial charge in [0.05, 0.1) is 0 Å². The Kier molecular flexibility index (Phi) is 2.72. The summed E-state index contributed by atoms with van der Waals surface area (Å²) in [5.74, 6) is 0.419. The number of rotatable bonds is 3. The van der Waals surface area contributed by atoms with E-state index in [1.165, 1.54) is 16.7 Å². The summed E-state index contributed by atoms with van der Waals surface area (Å²) in [5.41, 5.74) is 4.07. The molecule has 0 N–H and O–H groups in total. The Balaban J connectivity index is 2.17. The number of ketones is 1. The van der Waals surface area contributed by atoms with Crippen molar-refractivity contribution in [2.75, 3.05) is 0 Å². The molecule has 1 aromatic carbocycles. The Morgan fingerprint density at radius 2 is 2.13 bits per heavy atom. The van der Waals surface area contributed by atoms with Crippen LogP contribution in [0.2, 0.25) is 0 Å². The van der Waals surface area contributed by atoms with E-state index in [4.69, 9.17) is 0 Å². The number of hydrogen-bond donors (Lipinski definition) is 0. The van der Waals surface area contributed by atoms with Crippen LogP contribution in [0.5, 0.6) is 0 Å². The van der Waals surface area contributed by atoms with Crippen LogP contribution in [0.15, 0.2) is 30.3 Å². The molecule has 0 amide bonds. The number of benzene rings is 1. The number of allylic oxidation sites excluding steroid dienone is 2. The molecule has 0 saturated heterocycles. The summed E-state index contributed by atoms with van der Waals surface area (Å²) in [6.45, 7) is 3.68. The van der Waals surface area contributed by atoms with Gasteiger partial charge in [0, 0.05) is 5.92 Å². The molecule has 0 spiro atoms. The van der Waals surface area contributed by atoms with E-state index in [9.17, 15) is 4.79 Å². The zero-order valence-electron chi connectivity index (χ0n) is 9.29. The van der Waals surface area contributed by atoms with Gasteiger partial charge in [0.25, 0.3) is 0 Å². The molecule has 1 atom stereocenters. The molecule has 1 nitrogen and oxygen atoms in total. The highest BCUT2D eigenvalue weighted by molar-refractivity contribution is 5.82. The van der Waals surface area contributed by atoms with Gasteiger partial charge in [-0.2, -0.15) is 0 Å². The van der Waals surface area contributed by atoms with E-state index in [0.717, 1.165) is 12.8 Å². The summed E-state index contributed by atoms with van der Waals surface area (Å²) in [5, 5.41) is 0. The molecule has 15 heavy (non-hydrogen) atoms. The van der Waals surface area contributed by atoms with Crippen LogP contribution in [0.25, 0.3) is 5.57 Å². The first-order valence-electron chi connectivity index (χ1n) is 5.46. The summed E-state index contributed by atoms with van der Waals surface area (Å²) in [6.07, 6.45) is 4.16. The van der Waals surface area contributed by atoms with Crippen LogP contribution in [-0.4, -0.2) is 5.78 Å². The van der Waals surface area contributed by atoms with Gasteiger partial charge < -0.3 is 0 Å². The van der Waals surface area contributed by atoms with E-state index in [1.807, 2.05) is 6.92 Å². The van der Waals surface area contributed by atoms with Crippen molar-refractivity contribution in [2.45, 2.75) is 26.7 Å². The van der Waals surface area contributed by atoms with Crippen molar-refractivity contribution in [3.8, 4) is 0 Å². The van der Waals surface area contributed by atoms with E-state index >= 15 is 0 Å². The summed E-state index contributed by atoms with van der Waals surface area (Å²) in [7, 11) is 0. The van der Waals surface area contributed by atoms with Crippen LogP contribution in [0.3, 0.4) is 0 Å². The Labute approximate surface area is 90.8 Å². The highest BCUT2D eigenvalue weighted by Crippen LogP contribution is 2.31. The second kappa shape index (κ2) is 4.01. The van der Waals surface area contributed by atoms with Crippen LogP contribution in [0.4, 0.5) is 0 Å². The summed E-state index contributed by atoms with van der Waals surface area (Å²) in [4.78, 5) is 11.2. The van der Waals surface area contributed by atoms with E-state index in [0.29, 0.717) is 0 Å². The zero-order chi connectivity index (χ0) is 10.8. The second-order valence-corrected chi connectivity index (χ2v) is 4.31. The highest BCUT2D eigenvalue weighted by atomic mass is 16.1. The van der Waals surface area contributed by atoms with Gasteiger partial charge in [-0.05, 0) is 36.5 Å². The average Bonchev–Trinajstić information content (AvgIpc) is 2.62. The molecule has 0 aliphatic heterocycles. The normalized spacial score (nSPS) is 15.7. The molecule has 0 fully saturated rings. The van der Waals surface area contributed by atoms with Gasteiger partial charge in [-0.3, -0.25) is 4.79 Å². The lowest BCUT2D eigenvalue weighted by Gasteiger charge is -2.09. The smallest absolute Gasteiger partial charge is 0.132 e. The largest absolute Gasteiger partial charge is 0.300 e. The first-order valence-corrected chi connectivity index (χ1v) is 5.46. The molecule has 1 aliphatic carbocycles. The number of fused-ring (bicyclic) bond motifs is 1. The fourth-order valence-corrected chi connectivity index (χ4v) is 2.02. The molecule has 2 rings (SSSR count). The van der Waals surface area contributed by atoms with Gasteiger partial charge in [-0.1, -0.05) is 37.3 Å². The summed E-state index contributed by atoms with van der Waals surface area (Å²) >= 11 is 0. The minimum atomic E-state index is 0.141. The quantitative estimate of drug-likeness (QED) is 0.732. The molecular weight excluding hydrogens is 184 g/mol. The van der Waals surface area contributed by atoms with Crippen LogP contribution >= 0.6 is 0 Å². The van der Waals surface area contributed by atoms with Gasteiger partial charge in [-0.15, -0.1) is 0 Å². The third-order valence-corrected chi connectivity index (χ3v) is 3.15. The van der Waals surface area contributed by atoms with Crippen molar-refractivity contribution in [3.63, 3.8) is 0 Å². The van der Waals surface area contributed by atoms with E-state index in [1.54, 1.807) is 6.92 Å². The number of Topliss-reactive ketones (excluding diaryl/α,β-unsaturated/α-hetero) is 1. The van der Waals surface area contributed by atoms with E-state index in [-0.39, 0.29) is 11.7 Å². The van der Waals surface area contributed by atoms with Crippen LogP contribution in [0, 0.1) is 5.92 Å². The molecule has 0 bridgehead atoms. The molecule has 0 aromatic heterocycles. The maximum absolute atomic E-state index is 11.2. The van der Waals surface area contributed by atoms with Crippen molar-refractivity contribution in [2.24, 2.45) is 5.92 Å². The molecule has 0 radical (unpaired) electrons. The fourth-order valence-electron chi connectivity index (χ4n) is 2.02. The molecule has 0 saturated carbocycles. The predicted octanol–water partition coefficient (Wildman–Crippen LogP) is 3.24. The summed E-state index contributed by atoms with van der Waals surface area (Å²) < 4.78 is 0. The van der Waals surface area contributed by atoms with Gasteiger partial charge in [0.1, 0.15) is 5.78 Å². The van der Waals surface area contributed by atoms with Gasteiger partial charge in [0.15, 0.2) is 0 Å². The van der Waals surface area contributed by atoms with Crippen molar-refractivity contribution in [1.29, 1.82) is 0 Å². The molecule has 1 aromatic rings. The standard InChI is InChI=1S/C14H16O/c1-10(11(2)15)9-13-8-7-12-5-3-4-6-14(12)13/h3-6,8,10H,7,9H2,1-2H3/t10-/m0/s1. The zero-order valence-corrected chi connectivity index (χ0v) is 9.29. The molecule has 1 aliphatic rings. The molecular formula is C14H16O. The number of carbonyl (C=O) groups excluding carboxylic acids is 1. The Bertz CT molecular complexity index is 415. The fraction of sp³-hybridized carbons (Fsp3) is 0.357. The number of carbonyl (C=O) groups is 1. The minimum Gasteiger partial charge on any atom is -0.300 e. The first-order chi connectivity index (χ1) is 7.18. The van der Waals surface area contributed by atoms with Gasteiger partial charge in [0.2, 0.25) is 0 Å². The van der Waals surface area contributed by atoms with Crippen LogP contribution in [0.1, 0.15) is 31.4 Å². The lowest BCUT2D eigenvalue weighted by atomic mass is 9.94. The van der Waals surface area contributed by atoms with E-state index in [2.05, 4.69) is 30.3 Å². The minimum absolute atomic E-state index is 0.141. The number of hydrogen-bond acceptors (Lipinski definition) is 1. The topological polar surface area (TPSA) is 17.1 Å². The molecule has 1 heteroatoms. The highest BCUT2D eigenvalue weighted by Gasteiger charge is 2.17. The average molecular weight is 200 g/mol. The Morgan fingerprint density at radius 3 is 2.87 bits per heavy atom.